The number of ether oxygens (including phenoxy) is 2. The number of carbonyl (C=O) groups excluding carboxylic acids is 1. The van der Waals surface area contributed by atoms with E-state index < -0.39 is 18.1 Å². The summed E-state index contributed by atoms with van der Waals surface area (Å²) in [6.45, 7) is 10.9. The molecule has 0 saturated heterocycles. The van der Waals surface area contributed by atoms with Gasteiger partial charge in [-0.3, -0.25) is 9.98 Å². The van der Waals surface area contributed by atoms with Crippen molar-refractivity contribution in [1.29, 1.82) is 0 Å². The van der Waals surface area contributed by atoms with E-state index >= 15 is 0 Å². The van der Waals surface area contributed by atoms with Gasteiger partial charge in [0.05, 0.1) is 13.6 Å². The minimum Gasteiger partial charge on any atom is -0.553 e. The van der Waals surface area contributed by atoms with Gasteiger partial charge in [0.1, 0.15) is 32.0 Å². The van der Waals surface area contributed by atoms with Gasteiger partial charge in [-0.2, -0.15) is 0 Å². The first kappa shape index (κ1) is 31.3. The first-order valence-electron chi connectivity index (χ1n) is 15.5. The molecule has 0 spiro atoms. The molecule has 0 amide bonds. The lowest BCUT2D eigenvalue weighted by atomic mass is 10.0. The van der Waals surface area contributed by atoms with Gasteiger partial charge < -0.3 is 23.6 Å². The Balaban J connectivity index is 1.28. The zero-order chi connectivity index (χ0) is 31.3. The van der Waals surface area contributed by atoms with Crippen LogP contribution in [0.5, 0.6) is 0 Å². The van der Waals surface area contributed by atoms with Crippen LogP contribution < -0.4 is 5.11 Å². The van der Waals surface area contributed by atoms with Crippen LogP contribution in [0.1, 0.15) is 53.9 Å². The van der Waals surface area contributed by atoms with Crippen molar-refractivity contribution in [3.05, 3.63) is 101 Å². The van der Waals surface area contributed by atoms with E-state index in [2.05, 4.69) is 58.8 Å². The molecule has 2 unspecified atom stereocenters. The van der Waals surface area contributed by atoms with Gasteiger partial charge in [-0.25, -0.2) is 4.79 Å². The Bertz CT molecular complexity index is 1610. The van der Waals surface area contributed by atoms with Crippen LogP contribution >= 0.6 is 0 Å². The van der Waals surface area contributed by atoms with Crippen molar-refractivity contribution in [2.45, 2.75) is 72.7 Å². The fourth-order valence-corrected chi connectivity index (χ4v) is 5.99. The molecule has 3 heterocycles. The number of aliphatic imine (C=N–C) groups is 1. The third kappa shape index (κ3) is 7.66. The van der Waals surface area contributed by atoms with Crippen LogP contribution in [0.25, 0.3) is 10.9 Å². The summed E-state index contributed by atoms with van der Waals surface area (Å²) in [6, 6.07) is 19.5. The number of aromatic nitrogens is 2. The smallest absolute Gasteiger partial charge is 0.331 e. The summed E-state index contributed by atoms with van der Waals surface area (Å²) < 4.78 is 14.2. The highest BCUT2D eigenvalue weighted by atomic mass is 16.6. The van der Waals surface area contributed by atoms with Crippen LogP contribution in [0.4, 0.5) is 0 Å². The van der Waals surface area contributed by atoms with Crippen molar-refractivity contribution in [2.75, 3.05) is 20.3 Å². The first-order valence-corrected chi connectivity index (χ1v) is 15.5. The first-order chi connectivity index (χ1) is 21.1. The average Bonchev–Trinajstić information content (AvgIpc) is 3.30. The van der Waals surface area contributed by atoms with Crippen molar-refractivity contribution in [3.8, 4) is 0 Å². The molecule has 8 heteroatoms. The highest BCUT2D eigenvalue weighted by Gasteiger charge is 2.32. The maximum absolute atomic E-state index is 12.9. The maximum atomic E-state index is 12.9. The Kier molecular flexibility index (Phi) is 9.69. The highest BCUT2D eigenvalue weighted by molar-refractivity contribution is 5.86. The molecule has 1 aliphatic rings. The molecule has 0 fully saturated rings. The second kappa shape index (κ2) is 13.6. The van der Waals surface area contributed by atoms with Crippen LogP contribution in [0.3, 0.4) is 0 Å². The second-order valence-corrected chi connectivity index (χ2v) is 12.8. The summed E-state index contributed by atoms with van der Waals surface area (Å²) in [5.74, 6) is -0.346. The Labute approximate surface area is 260 Å². The van der Waals surface area contributed by atoms with E-state index in [1.807, 2.05) is 57.3 Å². The van der Waals surface area contributed by atoms with Gasteiger partial charge in [0, 0.05) is 47.0 Å². The predicted molar refractivity (Wildman–Crippen MR) is 171 cm³/mol. The minimum absolute atomic E-state index is 0.144. The normalized spacial score (nSPS) is 17.5. The number of quaternary nitrogens is 1. The second-order valence-electron chi connectivity index (χ2n) is 12.8. The number of aryl methyl sites for hydroxylation is 4. The zero-order valence-electron chi connectivity index (χ0n) is 26.6. The van der Waals surface area contributed by atoms with Crippen molar-refractivity contribution in [3.63, 3.8) is 0 Å². The lowest BCUT2D eigenvalue weighted by Crippen LogP contribution is -2.50. The van der Waals surface area contributed by atoms with Crippen LogP contribution in [0, 0.1) is 19.8 Å². The van der Waals surface area contributed by atoms with E-state index in [1.54, 1.807) is 0 Å². The van der Waals surface area contributed by atoms with Gasteiger partial charge >= 0.3 is 5.97 Å². The number of likely N-dealkylation sites (N-methyl/N-ethyl adjacent to an activating group) is 1. The molecule has 4 aromatic rings. The van der Waals surface area contributed by atoms with Crippen molar-refractivity contribution in [2.24, 2.45) is 10.9 Å². The van der Waals surface area contributed by atoms with E-state index in [0.29, 0.717) is 10.9 Å². The Hall–Kier alpha value is -4.17. The Morgan fingerprint density at radius 3 is 2.59 bits per heavy atom. The van der Waals surface area contributed by atoms with Gasteiger partial charge in [-0.1, -0.05) is 61.9 Å². The summed E-state index contributed by atoms with van der Waals surface area (Å²) in [5.41, 5.74) is 8.27. The number of benzene rings is 2. The molecule has 0 radical (unpaired) electrons. The monoisotopic (exact) mass is 596 g/mol. The van der Waals surface area contributed by atoms with Gasteiger partial charge in [0.15, 0.2) is 0 Å². The van der Waals surface area contributed by atoms with Gasteiger partial charge in [-0.15, -0.1) is 0 Å². The largest absolute Gasteiger partial charge is 0.553 e. The summed E-state index contributed by atoms with van der Waals surface area (Å²) in [6.07, 6.45) is 3.45. The van der Waals surface area contributed by atoms with E-state index in [9.17, 15) is 9.90 Å². The van der Waals surface area contributed by atoms with E-state index in [4.69, 9.17) is 9.47 Å². The maximum Gasteiger partial charge on any atom is 0.331 e. The molecule has 0 bridgehead atoms. The summed E-state index contributed by atoms with van der Waals surface area (Å²) in [5, 5.41) is 14.2. The molecule has 8 nitrogen and oxygen atoms in total. The molecule has 2 aromatic heterocycles. The minimum atomic E-state index is -0.894. The molecule has 2 atom stereocenters. The third-order valence-corrected chi connectivity index (χ3v) is 8.42. The van der Waals surface area contributed by atoms with E-state index in [-0.39, 0.29) is 19.3 Å². The van der Waals surface area contributed by atoms with Crippen LogP contribution in [-0.4, -0.2) is 52.5 Å². The lowest BCUT2D eigenvalue weighted by molar-refractivity contribution is -0.940. The third-order valence-electron chi connectivity index (χ3n) is 8.42. The molecule has 2 aromatic carbocycles. The molecular formula is C36H44N4O4. The van der Waals surface area contributed by atoms with Gasteiger partial charge in [0.2, 0.25) is 0 Å². The highest BCUT2D eigenvalue weighted by Crippen LogP contribution is 2.34. The van der Waals surface area contributed by atoms with Crippen LogP contribution in [0.2, 0.25) is 0 Å². The molecular weight excluding hydrogens is 552 g/mol. The molecule has 1 aliphatic heterocycles. The summed E-state index contributed by atoms with van der Waals surface area (Å²) in [7, 11) is 2.12. The number of esters is 1. The standard InChI is InChI=1S/C36H44N4O4/c1-25(2)19-32(35(41)43-23-29-9-7-6-8-10-29)38-36(42)44-24-40(5)18-16-34-31(22-40)30-20-26(3)11-14-33(30)39(34)17-15-28-13-12-27(4)37-21-28/h6-14,20-21,25,32H,15-19,22-24H2,1-5H3. The number of hydrogen-bond acceptors (Lipinski definition) is 6. The van der Waals surface area contributed by atoms with Crippen LogP contribution in [0.15, 0.2) is 71.9 Å². The molecule has 232 valence electrons. The fourth-order valence-electron chi connectivity index (χ4n) is 5.99. The molecule has 0 N–H and O–H groups in total. The lowest BCUT2D eigenvalue weighted by Gasteiger charge is -2.40. The number of rotatable bonds is 11. The van der Waals surface area contributed by atoms with Gasteiger partial charge in [0.25, 0.3) is 0 Å². The molecule has 0 saturated carbocycles. The van der Waals surface area contributed by atoms with Crippen molar-refractivity contribution < 1.29 is 23.9 Å². The number of pyridine rings is 1. The van der Waals surface area contributed by atoms with E-state index in [1.165, 1.54) is 33.3 Å². The fraction of sp³-hybridized carbons (Fsp3) is 0.417. The van der Waals surface area contributed by atoms with Crippen LogP contribution in [-0.2, 0) is 46.8 Å². The zero-order valence-corrected chi connectivity index (χ0v) is 26.6. The average molecular weight is 597 g/mol. The quantitative estimate of drug-likeness (QED) is 0.102. The Morgan fingerprint density at radius 1 is 1.07 bits per heavy atom. The van der Waals surface area contributed by atoms with E-state index in [0.717, 1.165) is 43.7 Å². The van der Waals surface area contributed by atoms with Crippen molar-refractivity contribution >= 4 is 23.0 Å². The predicted octanol–water partition coefficient (Wildman–Crippen LogP) is 5.25. The number of fused-ring (bicyclic) bond motifs is 3. The molecule has 5 rings (SSSR count). The van der Waals surface area contributed by atoms with Gasteiger partial charge in [-0.05, 0) is 61.9 Å². The van der Waals surface area contributed by atoms with Crippen molar-refractivity contribution in [1.82, 2.24) is 9.55 Å². The summed E-state index contributed by atoms with van der Waals surface area (Å²) >= 11 is 0. The SMILES string of the molecule is Cc1ccc2c(c1)c1c(n2CCc2ccc(C)nc2)CC[N+](C)(COC([O-])=NC(CC(C)C)C(=O)OCc2ccccc2)C1. The molecule has 0 aliphatic carbocycles. The Morgan fingerprint density at radius 2 is 1.86 bits per heavy atom. The molecule has 44 heavy (non-hydrogen) atoms. The topological polar surface area (TPSA) is 88.8 Å². The number of carbonyl (C=O) groups is 1. The summed E-state index contributed by atoms with van der Waals surface area (Å²) in [4.78, 5) is 21.5. The number of nitrogens with zero attached hydrogens (tertiary/aromatic N) is 4. The number of hydrogen-bond donors (Lipinski definition) is 0.